The Labute approximate surface area is 165 Å². The molecule has 0 aliphatic rings. The first-order valence-corrected chi connectivity index (χ1v) is 9.56. The Morgan fingerprint density at radius 1 is 1.14 bits per heavy atom. The molecule has 0 radical (unpaired) electrons. The molecule has 7 heteroatoms. The lowest BCUT2D eigenvalue weighted by Crippen LogP contribution is -2.28. The summed E-state index contributed by atoms with van der Waals surface area (Å²) >= 11 is 0. The molecule has 1 aromatic carbocycles. The molecular formula is C21H27N5O2. The number of hydrogen-bond donors (Lipinski definition) is 1. The molecule has 3 rings (SSSR count). The zero-order valence-electron chi connectivity index (χ0n) is 16.8. The van der Waals surface area contributed by atoms with Gasteiger partial charge in [0, 0.05) is 18.9 Å². The zero-order chi connectivity index (χ0) is 20.1. The monoisotopic (exact) mass is 381 g/mol. The quantitative estimate of drug-likeness (QED) is 0.645. The molecule has 0 aliphatic carbocycles. The minimum atomic E-state index is -0.226. The molecule has 28 heavy (non-hydrogen) atoms. The highest BCUT2D eigenvalue weighted by Gasteiger charge is 2.16. The van der Waals surface area contributed by atoms with Gasteiger partial charge in [0.1, 0.15) is 11.4 Å². The van der Waals surface area contributed by atoms with Crippen molar-refractivity contribution in [3.8, 4) is 5.75 Å². The predicted octanol–water partition coefficient (Wildman–Crippen LogP) is 3.75. The molecule has 0 fully saturated rings. The van der Waals surface area contributed by atoms with Crippen molar-refractivity contribution in [2.24, 2.45) is 0 Å². The number of amides is 1. The summed E-state index contributed by atoms with van der Waals surface area (Å²) in [7, 11) is 0. The van der Waals surface area contributed by atoms with Crippen molar-refractivity contribution >= 4 is 5.91 Å². The number of benzene rings is 1. The Hall–Kier alpha value is -3.09. The number of carbonyl (C=O) groups excluding carboxylic acids is 1. The van der Waals surface area contributed by atoms with Crippen LogP contribution in [0.15, 0.2) is 48.8 Å². The predicted molar refractivity (Wildman–Crippen MR) is 107 cm³/mol. The SMILES string of the molecule is CCn1nccc1C(C)NC(=O)c1ccn(COc2ccc(C(C)C)cc2)n1. The van der Waals surface area contributed by atoms with Gasteiger partial charge in [-0.1, -0.05) is 26.0 Å². The minimum Gasteiger partial charge on any atom is -0.471 e. The molecule has 2 heterocycles. The largest absolute Gasteiger partial charge is 0.471 e. The van der Waals surface area contributed by atoms with E-state index in [4.69, 9.17) is 4.74 Å². The van der Waals surface area contributed by atoms with Crippen LogP contribution in [0.4, 0.5) is 0 Å². The lowest BCUT2D eigenvalue weighted by molar-refractivity contribution is 0.0931. The highest BCUT2D eigenvalue weighted by atomic mass is 16.5. The highest BCUT2D eigenvalue weighted by Crippen LogP contribution is 2.19. The van der Waals surface area contributed by atoms with Gasteiger partial charge in [-0.25, -0.2) is 4.68 Å². The van der Waals surface area contributed by atoms with E-state index in [2.05, 4.69) is 41.5 Å². The fraction of sp³-hybridized carbons (Fsp3) is 0.381. The number of aryl methyl sites for hydroxylation is 1. The van der Waals surface area contributed by atoms with Crippen LogP contribution >= 0.6 is 0 Å². The number of ether oxygens (including phenoxy) is 1. The van der Waals surface area contributed by atoms with Crippen LogP contribution in [0.5, 0.6) is 5.75 Å². The Bertz CT molecular complexity index is 911. The van der Waals surface area contributed by atoms with E-state index in [1.807, 2.05) is 36.7 Å². The summed E-state index contributed by atoms with van der Waals surface area (Å²) < 4.78 is 9.21. The molecule has 1 unspecified atom stereocenters. The van der Waals surface area contributed by atoms with Crippen LogP contribution in [-0.4, -0.2) is 25.5 Å². The Kier molecular flexibility index (Phi) is 6.13. The lowest BCUT2D eigenvalue weighted by atomic mass is 10.0. The summed E-state index contributed by atoms with van der Waals surface area (Å²) in [6, 6.07) is 11.5. The van der Waals surface area contributed by atoms with Gasteiger partial charge in [-0.15, -0.1) is 0 Å². The molecule has 2 aromatic heterocycles. The van der Waals surface area contributed by atoms with E-state index in [0.717, 1.165) is 18.0 Å². The van der Waals surface area contributed by atoms with Crippen molar-refractivity contribution in [3.05, 3.63) is 65.7 Å². The van der Waals surface area contributed by atoms with Crippen molar-refractivity contribution in [3.63, 3.8) is 0 Å². The van der Waals surface area contributed by atoms with Crippen molar-refractivity contribution < 1.29 is 9.53 Å². The van der Waals surface area contributed by atoms with Crippen LogP contribution in [0.25, 0.3) is 0 Å². The second-order valence-electron chi connectivity index (χ2n) is 7.00. The van der Waals surface area contributed by atoms with Gasteiger partial charge in [-0.3, -0.25) is 9.48 Å². The summed E-state index contributed by atoms with van der Waals surface area (Å²) in [5, 5.41) is 11.5. The lowest BCUT2D eigenvalue weighted by Gasteiger charge is -2.14. The van der Waals surface area contributed by atoms with Crippen molar-refractivity contribution in [2.45, 2.75) is 52.9 Å². The summed E-state index contributed by atoms with van der Waals surface area (Å²) in [5.74, 6) is 1.03. The number of nitrogens with zero attached hydrogens (tertiary/aromatic N) is 4. The molecule has 7 nitrogen and oxygen atoms in total. The smallest absolute Gasteiger partial charge is 0.272 e. The van der Waals surface area contributed by atoms with E-state index >= 15 is 0 Å². The first-order valence-electron chi connectivity index (χ1n) is 9.56. The third-order valence-corrected chi connectivity index (χ3v) is 4.62. The molecule has 148 valence electrons. The maximum Gasteiger partial charge on any atom is 0.272 e. The van der Waals surface area contributed by atoms with Gasteiger partial charge < -0.3 is 10.1 Å². The van der Waals surface area contributed by atoms with E-state index in [-0.39, 0.29) is 18.7 Å². The second-order valence-corrected chi connectivity index (χ2v) is 7.00. The van der Waals surface area contributed by atoms with Crippen molar-refractivity contribution in [1.29, 1.82) is 0 Å². The van der Waals surface area contributed by atoms with E-state index in [1.165, 1.54) is 5.56 Å². The minimum absolute atomic E-state index is 0.157. The molecular weight excluding hydrogens is 354 g/mol. The maximum absolute atomic E-state index is 12.5. The van der Waals surface area contributed by atoms with Gasteiger partial charge in [0.25, 0.3) is 5.91 Å². The van der Waals surface area contributed by atoms with Crippen molar-refractivity contribution in [2.75, 3.05) is 0 Å². The van der Waals surface area contributed by atoms with Crippen LogP contribution in [0.2, 0.25) is 0 Å². The standard InChI is InChI=1S/C21H27N5O2/c1-5-26-20(10-12-22-26)16(4)23-21(27)19-11-13-25(24-19)14-28-18-8-6-17(7-9-18)15(2)3/h6-13,15-16H,5,14H2,1-4H3,(H,23,27). The number of aromatic nitrogens is 4. The van der Waals surface area contributed by atoms with Crippen molar-refractivity contribution in [1.82, 2.24) is 24.9 Å². The molecule has 1 amide bonds. The van der Waals surface area contributed by atoms with Crippen LogP contribution in [-0.2, 0) is 13.3 Å². The number of rotatable bonds is 8. The second kappa shape index (κ2) is 8.73. The number of hydrogen-bond acceptors (Lipinski definition) is 4. The third kappa shape index (κ3) is 4.60. The zero-order valence-corrected chi connectivity index (χ0v) is 16.8. The molecule has 1 atom stereocenters. The maximum atomic E-state index is 12.5. The van der Waals surface area contributed by atoms with Gasteiger partial charge in [-0.05, 0) is 49.6 Å². The molecule has 0 aliphatic heterocycles. The van der Waals surface area contributed by atoms with Gasteiger partial charge in [0.05, 0.1) is 11.7 Å². The topological polar surface area (TPSA) is 74.0 Å². The molecule has 0 saturated heterocycles. The van der Waals surface area contributed by atoms with E-state index in [9.17, 15) is 4.79 Å². The van der Waals surface area contributed by atoms with Gasteiger partial charge in [-0.2, -0.15) is 10.2 Å². The van der Waals surface area contributed by atoms with E-state index in [1.54, 1.807) is 23.1 Å². The van der Waals surface area contributed by atoms with E-state index in [0.29, 0.717) is 11.6 Å². The van der Waals surface area contributed by atoms with Crippen LogP contribution in [0.3, 0.4) is 0 Å². The number of carbonyl (C=O) groups is 1. The summed E-state index contributed by atoms with van der Waals surface area (Å²) in [4.78, 5) is 12.5. The molecule has 0 spiro atoms. The first kappa shape index (κ1) is 19.7. The average molecular weight is 381 g/mol. The van der Waals surface area contributed by atoms with E-state index < -0.39 is 0 Å². The van der Waals surface area contributed by atoms with Gasteiger partial charge >= 0.3 is 0 Å². The van der Waals surface area contributed by atoms with Gasteiger partial charge in [0.2, 0.25) is 0 Å². The van der Waals surface area contributed by atoms with Gasteiger partial charge in [0.15, 0.2) is 6.73 Å². The number of nitrogens with one attached hydrogen (secondary N) is 1. The molecule has 0 saturated carbocycles. The fourth-order valence-corrected chi connectivity index (χ4v) is 2.96. The Balaban J connectivity index is 1.56. The normalized spacial score (nSPS) is 12.2. The summed E-state index contributed by atoms with van der Waals surface area (Å²) in [6.45, 7) is 9.26. The van der Waals surface area contributed by atoms with Crippen LogP contribution in [0.1, 0.15) is 61.4 Å². The summed E-state index contributed by atoms with van der Waals surface area (Å²) in [6.07, 6.45) is 3.47. The average Bonchev–Trinajstić information content (AvgIpc) is 3.36. The molecule has 1 N–H and O–H groups in total. The first-order chi connectivity index (χ1) is 13.5. The van der Waals surface area contributed by atoms with Crippen LogP contribution < -0.4 is 10.1 Å². The third-order valence-electron chi connectivity index (χ3n) is 4.62. The summed E-state index contributed by atoms with van der Waals surface area (Å²) in [5.41, 5.74) is 2.58. The highest BCUT2D eigenvalue weighted by molar-refractivity contribution is 5.92. The molecule has 0 bridgehead atoms. The Morgan fingerprint density at radius 2 is 1.89 bits per heavy atom. The molecule has 3 aromatic rings. The van der Waals surface area contributed by atoms with Crippen LogP contribution in [0, 0.1) is 0 Å². The Morgan fingerprint density at radius 3 is 2.57 bits per heavy atom. The fourth-order valence-electron chi connectivity index (χ4n) is 2.96.